The molecule has 1 saturated carbocycles. The largest absolute Gasteiger partial charge is 0.349 e. The second-order valence-electron chi connectivity index (χ2n) is 7.13. The summed E-state index contributed by atoms with van der Waals surface area (Å²) in [5.41, 5.74) is 0.812. The zero-order valence-electron chi connectivity index (χ0n) is 14.2. The first-order valence-electron chi connectivity index (χ1n) is 8.90. The summed E-state index contributed by atoms with van der Waals surface area (Å²) in [5, 5.41) is 3.73. The smallest absolute Gasteiger partial charge is 0.262 e. The summed E-state index contributed by atoms with van der Waals surface area (Å²) in [6.45, 7) is 4.68. The molecule has 0 bridgehead atoms. The maximum atomic E-state index is 12.9. The van der Waals surface area contributed by atoms with Gasteiger partial charge in [-0.25, -0.2) is 4.98 Å². The number of carbonyl (C=O) groups is 1. The number of rotatable bonds is 3. The van der Waals surface area contributed by atoms with Crippen LogP contribution in [0.4, 0.5) is 0 Å². The molecule has 0 saturated heterocycles. The molecular weight excluding hydrogens is 322 g/mol. The minimum absolute atomic E-state index is 0.0277. The monoisotopic (exact) mass is 345 g/mol. The first-order chi connectivity index (χ1) is 11.6. The summed E-state index contributed by atoms with van der Waals surface area (Å²) >= 11 is 1.36. The van der Waals surface area contributed by atoms with Crippen LogP contribution < -0.4 is 10.9 Å². The van der Waals surface area contributed by atoms with E-state index in [1.54, 1.807) is 0 Å². The van der Waals surface area contributed by atoms with Gasteiger partial charge in [0.25, 0.3) is 11.5 Å². The molecule has 1 aliphatic heterocycles. The number of carbonyl (C=O) groups excluding carboxylic acids is 1. The molecule has 4 rings (SSSR count). The second kappa shape index (κ2) is 5.99. The first kappa shape index (κ1) is 15.8. The molecule has 128 valence electrons. The van der Waals surface area contributed by atoms with Crippen LogP contribution in [0.1, 0.15) is 60.1 Å². The number of nitrogens with one attached hydrogen (secondary N) is 1. The van der Waals surface area contributed by atoms with Gasteiger partial charge < -0.3 is 5.32 Å². The van der Waals surface area contributed by atoms with E-state index in [0.29, 0.717) is 16.2 Å². The lowest BCUT2D eigenvalue weighted by Gasteiger charge is -2.12. The number of fused-ring (bicyclic) bond motifs is 2. The van der Waals surface area contributed by atoms with Crippen molar-refractivity contribution in [1.29, 1.82) is 0 Å². The molecule has 1 fully saturated rings. The van der Waals surface area contributed by atoms with Crippen molar-refractivity contribution in [2.45, 2.75) is 65.0 Å². The third kappa shape index (κ3) is 2.66. The lowest BCUT2D eigenvalue weighted by atomic mass is 10.1. The van der Waals surface area contributed by atoms with Crippen LogP contribution in [0.15, 0.2) is 4.79 Å². The number of hydrogen-bond donors (Lipinski definition) is 1. The molecule has 5 nitrogen and oxygen atoms in total. The van der Waals surface area contributed by atoms with E-state index in [4.69, 9.17) is 4.98 Å². The quantitative estimate of drug-likeness (QED) is 0.930. The summed E-state index contributed by atoms with van der Waals surface area (Å²) < 4.78 is 1.82. The molecule has 0 radical (unpaired) electrons. The number of nitrogens with zero attached hydrogens (tertiary/aromatic N) is 2. The number of aryl methyl sites for hydroxylation is 2. The topological polar surface area (TPSA) is 64.0 Å². The molecule has 2 aromatic heterocycles. The number of thiophene rings is 1. The van der Waals surface area contributed by atoms with E-state index in [0.717, 1.165) is 48.4 Å². The predicted octanol–water partition coefficient (Wildman–Crippen LogP) is 3.02. The standard InChI is InChI=1S/C18H23N3O2S/c1-10-14-17(20-13-6-4-3-5-9-21(13)18(14)23)24-15(10)16(22)19-11(2)12-7-8-12/h11-12H,3-9H2,1-2H3,(H,19,22)/t11-/m1/s1. The van der Waals surface area contributed by atoms with E-state index in [1.165, 1.54) is 24.2 Å². The van der Waals surface area contributed by atoms with Crippen LogP contribution in [0.25, 0.3) is 10.2 Å². The van der Waals surface area contributed by atoms with Gasteiger partial charge >= 0.3 is 0 Å². The van der Waals surface area contributed by atoms with Crippen LogP contribution in [-0.4, -0.2) is 21.5 Å². The van der Waals surface area contributed by atoms with E-state index in [2.05, 4.69) is 12.2 Å². The van der Waals surface area contributed by atoms with E-state index in [1.807, 2.05) is 11.5 Å². The Labute approximate surface area is 145 Å². The van der Waals surface area contributed by atoms with Crippen molar-refractivity contribution in [3.63, 3.8) is 0 Å². The number of amides is 1. The Morgan fingerprint density at radius 3 is 2.88 bits per heavy atom. The van der Waals surface area contributed by atoms with Crippen molar-refractivity contribution < 1.29 is 4.79 Å². The van der Waals surface area contributed by atoms with Crippen LogP contribution in [0.5, 0.6) is 0 Å². The minimum atomic E-state index is -0.0607. The Kier molecular flexibility index (Phi) is 3.95. The molecule has 1 aliphatic carbocycles. The van der Waals surface area contributed by atoms with Crippen LogP contribution >= 0.6 is 11.3 Å². The summed E-state index contributed by atoms with van der Waals surface area (Å²) in [4.78, 5) is 31.6. The van der Waals surface area contributed by atoms with Gasteiger partial charge in [0.05, 0.1) is 10.3 Å². The number of hydrogen-bond acceptors (Lipinski definition) is 4. The van der Waals surface area contributed by atoms with E-state index < -0.39 is 0 Å². The maximum Gasteiger partial charge on any atom is 0.262 e. The summed E-state index contributed by atoms with van der Waals surface area (Å²) in [6, 6.07) is 0.202. The van der Waals surface area contributed by atoms with Gasteiger partial charge in [0.1, 0.15) is 10.7 Å². The van der Waals surface area contributed by atoms with E-state index >= 15 is 0 Å². The van der Waals surface area contributed by atoms with Crippen molar-refractivity contribution in [3.8, 4) is 0 Å². The van der Waals surface area contributed by atoms with Gasteiger partial charge in [0.2, 0.25) is 0 Å². The Balaban J connectivity index is 1.75. The third-order valence-corrected chi connectivity index (χ3v) is 6.49. The van der Waals surface area contributed by atoms with Gasteiger partial charge in [0, 0.05) is 19.0 Å². The van der Waals surface area contributed by atoms with Crippen LogP contribution in [-0.2, 0) is 13.0 Å². The predicted molar refractivity (Wildman–Crippen MR) is 95.8 cm³/mol. The molecular formula is C18H23N3O2S. The van der Waals surface area contributed by atoms with Crippen molar-refractivity contribution in [3.05, 3.63) is 26.6 Å². The highest BCUT2D eigenvalue weighted by Crippen LogP contribution is 2.33. The van der Waals surface area contributed by atoms with Crippen LogP contribution in [0.2, 0.25) is 0 Å². The van der Waals surface area contributed by atoms with Crippen molar-refractivity contribution >= 4 is 27.5 Å². The summed E-state index contributed by atoms with van der Waals surface area (Å²) in [5.74, 6) is 1.43. The highest BCUT2D eigenvalue weighted by atomic mass is 32.1. The molecule has 1 N–H and O–H groups in total. The van der Waals surface area contributed by atoms with Crippen molar-refractivity contribution in [2.75, 3.05) is 0 Å². The highest BCUT2D eigenvalue weighted by molar-refractivity contribution is 7.20. The van der Waals surface area contributed by atoms with Crippen LogP contribution in [0.3, 0.4) is 0 Å². The van der Waals surface area contributed by atoms with E-state index in [9.17, 15) is 9.59 Å². The lowest BCUT2D eigenvalue weighted by molar-refractivity contribution is 0.0939. The van der Waals surface area contributed by atoms with Crippen LogP contribution in [0, 0.1) is 12.8 Å². The summed E-state index contributed by atoms with van der Waals surface area (Å²) in [7, 11) is 0. The molecule has 2 aromatic rings. The molecule has 0 spiro atoms. The molecule has 3 heterocycles. The molecule has 1 amide bonds. The van der Waals surface area contributed by atoms with Gasteiger partial charge in [0.15, 0.2) is 0 Å². The average Bonchev–Trinajstić information content (AvgIpc) is 3.35. The number of aromatic nitrogens is 2. The minimum Gasteiger partial charge on any atom is -0.349 e. The first-order valence-corrected chi connectivity index (χ1v) is 9.71. The molecule has 0 unspecified atom stereocenters. The Hall–Kier alpha value is -1.69. The summed E-state index contributed by atoms with van der Waals surface area (Å²) in [6.07, 6.45) is 6.49. The zero-order chi connectivity index (χ0) is 16.8. The van der Waals surface area contributed by atoms with E-state index in [-0.39, 0.29) is 17.5 Å². The average molecular weight is 345 g/mol. The Bertz CT molecular complexity index is 863. The van der Waals surface area contributed by atoms with Crippen molar-refractivity contribution in [1.82, 2.24) is 14.9 Å². The highest BCUT2D eigenvalue weighted by Gasteiger charge is 2.30. The lowest BCUT2D eigenvalue weighted by Crippen LogP contribution is -2.33. The molecule has 1 atom stereocenters. The fourth-order valence-electron chi connectivity index (χ4n) is 3.61. The maximum absolute atomic E-state index is 12.9. The fourth-order valence-corrected chi connectivity index (χ4v) is 4.71. The molecule has 0 aromatic carbocycles. The Morgan fingerprint density at radius 2 is 2.12 bits per heavy atom. The fraction of sp³-hybridized carbons (Fsp3) is 0.611. The molecule has 6 heteroatoms. The van der Waals surface area contributed by atoms with Gasteiger partial charge in [-0.1, -0.05) is 6.42 Å². The van der Waals surface area contributed by atoms with Gasteiger partial charge in [-0.3, -0.25) is 14.2 Å². The van der Waals surface area contributed by atoms with Crippen molar-refractivity contribution in [2.24, 2.45) is 5.92 Å². The van der Waals surface area contributed by atoms with Gasteiger partial charge in [-0.05, 0) is 51.0 Å². The molecule has 2 aliphatic rings. The SMILES string of the molecule is Cc1c(C(=O)N[C@H](C)C2CC2)sc2nc3n(c(=O)c12)CCCCC3. The zero-order valence-corrected chi connectivity index (χ0v) is 15.0. The molecule has 24 heavy (non-hydrogen) atoms. The van der Waals surface area contributed by atoms with Gasteiger partial charge in [-0.2, -0.15) is 0 Å². The normalized spacial score (nSPS) is 18.9. The van der Waals surface area contributed by atoms with Gasteiger partial charge in [-0.15, -0.1) is 11.3 Å². The second-order valence-corrected chi connectivity index (χ2v) is 8.13. The Morgan fingerprint density at radius 1 is 1.33 bits per heavy atom. The third-order valence-electron chi connectivity index (χ3n) is 5.31.